The highest BCUT2D eigenvalue weighted by Gasteiger charge is 2.07. The number of hydrogen-bond acceptors (Lipinski definition) is 2. The predicted molar refractivity (Wildman–Crippen MR) is 58.5 cm³/mol. The number of aryl methyl sites for hydroxylation is 1. The molecule has 0 atom stereocenters. The third-order valence-corrected chi connectivity index (χ3v) is 2.38. The van der Waals surface area contributed by atoms with E-state index in [0.29, 0.717) is 5.56 Å². The van der Waals surface area contributed by atoms with Crippen LogP contribution in [0.5, 0.6) is 11.5 Å². The zero-order valence-corrected chi connectivity index (χ0v) is 8.83. The van der Waals surface area contributed by atoms with Crippen molar-refractivity contribution in [1.82, 2.24) is 0 Å². The molecule has 0 aliphatic heterocycles. The van der Waals surface area contributed by atoms with E-state index in [0.717, 1.165) is 12.0 Å². The first-order valence-electron chi connectivity index (χ1n) is 4.78. The molecule has 1 rings (SSSR count). The Morgan fingerprint density at radius 2 is 2.00 bits per heavy atom. The standard InChI is InChI=1S/C12H16O2/c1-4-9(5-2)10-6-8(3)12(14)11(13)7-10/h4,6-7,13-14H,5H2,1-3H3. The summed E-state index contributed by atoms with van der Waals surface area (Å²) in [7, 11) is 0. The maximum Gasteiger partial charge on any atom is 0.160 e. The lowest BCUT2D eigenvalue weighted by Crippen LogP contribution is -1.85. The van der Waals surface area contributed by atoms with E-state index in [4.69, 9.17) is 0 Å². The molecular formula is C12H16O2. The molecule has 0 aliphatic rings. The first-order chi connectivity index (χ1) is 6.60. The van der Waals surface area contributed by atoms with E-state index in [2.05, 4.69) is 6.92 Å². The molecule has 0 bridgehead atoms. The van der Waals surface area contributed by atoms with Gasteiger partial charge in [0, 0.05) is 0 Å². The topological polar surface area (TPSA) is 40.5 Å². The average Bonchev–Trinajstić information content (AvgIpc) is 2.16. The minimum absolute atomic E-state index is 0.0275. The van der Waals surface area contributed by atoms with Crippen LogP contribution in [-0.4, -0.2) is 10.2 Å². The maximum atomic E-state index is 9.44. The Bertz CT molecular complexity index is 342. The van der Waals surface area contributed by atoms with Gasteiger partial charge in [0.1, 0.15) is 0 Å². The fourth-order valence-corrected chi connectivity index (χ4v) is 1.52. The van der Waals surface area contributed by atoms with Gasteiger partial charge in [0.25, 0.3) is 0 Å². The molecule has 0 aliphatic carbocycles. The minimum Gasteiger partial charge on any atom is -0.504 e. The largest absolute Gasteiger partial charge is 0.504 e. The van der Waals surface area contributed by atoms with Gasteiger partial charge in [-0.15, -0.1) is 0 Å². The molecule has 0 fully saturated rings. The van der Waals surface area contributed by atoms with Gasteiger partial charge in [-0.1, -0.05) is 13.0 Å². The highest BCUT2D eigenvalue weighted by Crippen LogP contribution is 2.32. The van der Waals surface area contributed by atoms with E-state index in [-0.39, 0.29) is 11.5 Å². The van der Waals surface area contributed by atoms with Gasteiger partial charge >= 0.3 is 0 Å². The monoisotopic (exact) mass is 192 g/mol. The molecule has 0 heterocycles. The zero-order chi connectivity index (χ0) is 10.7. The SMILES string of the molecule is CC=C(CC)c1cc(C)c(O)c(O)c1. The summed E-state index contributed by atoms with van der Waals surface area (Å²) in [5.41, 5.74) is 2.85. The molecule has 1 aromatic rings. The molecule has 14 heavy (non-hydrogen) atoms. The minimum atomic E-state index is -0.0483. The van der Waals surface area contributed by atoms with Gasteiger partial charge < -0.3 is 10.2 Å². The molecule has 76 valence electrons. The molecule has 1 aromatic carbocycles. The summed E-state index contributed by atoms with van der Waals surface area (Å²) < 4.78 is 0. The van der Waals surface area contributed by atoms with Crippen LogP contribution in [0.25, 0.3) is 5.57 Å². The Hall–Kier alpha value is -1.44. The van der Waals surface area contributed by atoms with Gasteiger partial charge in [-0.3, -0.25) is 0 Å². The van der Waals surface area contributed by atoms with E-state index in [1.54, 1.807) is 13.0 Å². The van der Waals surface area contributed by atoms with Crippen LogP contribution in [0.15, 0.2) is 18.2 Å². The summed E-state index contributed by atoms with van der Waals surface area (Å²) in [6, 6.07) is 3.48. The van der Waals surface area contributed by atoms with Crippen LogP contribution in [0.1, 0.15) is 31.4 Å². The second-order valence-corrected chi connectivity index (χ2v) is 3.33. The van der Waals surface area contributed by atoms with Crippen LogP contribution in [-0.2, 0) is 0 Å². The van der Waals surface area contributed by atoms with Crippen LogP contribution in [0.3, 0.4) is 0 Å². The molecular weight excluding hydrogens is 176 g/mol. The summed E-state index contributed by atoms with van der Waals surface area (Å²) in [5.74, 6) is -0.0758. The number of allylic oxidation sites excluding steroid dienone is 2. The summed E-state index contributed by atoms with van der Waals surface area (Å²) in [6.07, 6.45) is 2.94. The lowest BCUT2D eigenvalue weighted by Gasteiger charge is -2.08. The van der Waals surface area contributed by atoms with Crippen LogP contribution in [0.4, 0.5) is 0 Å². The van der Waals surface area contributed by atoms with Crippen molar-refractivity contribution < 1.29 is 10.2 Å². The lowest BCUT2D eigenvalue weighted by atomic mass is 10.0. The Morgan fingerprint density at radius 1 is 1.36 bits per heavy atom. The number of hydrogen-bond donors (Lipinski definition) is 2. The van der Waals surface area contributed by atoms with Crippen molar-refractivity contribution in [1.29, 1.82) is 0 Å². The first kappa shape index (κ1) is 10.6. The van der Waals surface area contributed by atoms with Gasteiger partial charge in [-0.05, 0) is 49.1 Å². The molecule has 0 saturated carbocycles. The van der Waals surface area contributed by atoms with E-state index in [1.165, 1.54) is 5.57 Å². The molecule has 2 heteroatoms. The molecule has 2 nitrogen and oxygen atoms in total. The van der Waals surface area contributed by atoms with Gasteiger partial charge in [0.15, 0.2) is 11.5 Å². The van der Waals surface area contributed by atoms with Crippen molar-refractivity contribution in [2.24, 2.45) is 0 Å². The van der Waals surface area contributed by atoms with Crippen molar-refractivity contribution >= 4 is 5.57 Å². The Balaban J connectivity index is 3.25. The second kappa shape index (κ2) is 4.18. The van der Waals surface area contributed by atoms with Gasteiger partial charge in [0.2, 0.25) is 0 Å². The summed E-state index contributed by atoms with van der Waals surface area (Å²) >= 11 is 0. The fourth-order valence-electron chi connectivity index (χ4n) is 1.52. The van der Waals surface area contributed by atoms with Crippen molar-refractivity contribution in [3.63, 3.8) is 0 Å². The van der Waals surface area contributed by atoms with Crippen molar-refractivity contribution in [3.8, 4) is 11.5 Å². The van der Waals surface area contributed by atoms with Gasteiger partial charge in [-0.25, -0.2) is 0 Å². The van der Waals surface area contributed by atoms with Crippen molar-refractivity contribution in [2.75, 3.05) is 0 Å². The van der Waals surface area contributed by atoms with Crippen LogP contribution >= 0.6 is 0 Å². The first-order valence-corrected chi connectivity index (χ1v) is 4.78. The highest BCUT2D eigenvalue weighted by molar-refractivity contribution is 5.68. The smallest absolute Gasteiger partial charge is 0.160 e. The van der Waals surface area contributed by atoms with Crippen molar-refractivity contribution in [2.45, 2.75) is 27.2 Å². The average molecular weight is 192 g/mol. The number of phenols is 2. The third kappa shape index (κ3) is 1.90. The predicted octanol–water partition coefficient (Wildman–Crippen LogP) is 3.22. The number of benzene rings is 1. The number of rotatable bonds is 2. The molecule has 0 spiro atoms. The number of aromatic hydroxyl groups is 2. The number of phenolic OH excluding ortho intramolecular Hbond substituents is 2. The summed E-state index contributed by atoms with van der Waals surface area (Å²) in [5, 5.41) is 18.8. The Morgan fingerprint density at radius 3 is 2.43 bits per heavy atom. The van der Waals surface area contributed by atoms with Crippen molar-refractivity contribution in [3.05, 3.63) is 29.3 Å². The van der Waals surface area contributed by atoms with Crippen LogP contribution in [0, 0.1) is 6.92 Å². The second-order valence-electron chi connectivity index (χ2n) is 3.33. The van der Waals surface area contributed by atoms with E-state index < -0.39 is 0 Å². The third-order valence-electron chi connectivity index (χ3n) is 2.38. The Labute approximate surface area is 84.5 Å². The van der Waals surface area contributed by atoms with E-state index in [1.807, 2.05) is 19.1 Å². The zero-order valence-electron chi connectivity index (χ0n) is 8.83. The summed E-state index contributed by atoms with van der Waals surface area (Å²) in [4.78, 5) is 0. The lowest BCUT2D eigenvalue weighted by molar-refractivity contribution is 0.401. The van der Waals surface area contributed by atoms with Crippen LogP contribution < -0.4 is 0 Å². The molecule has 0 unspecified atom stereocenters. The summed E-state index contributed by atoms with van der Waals surface area (Å²) in [6.45, 7) is 5.81. The van der Waals surface area contributed by atoms with Crippen LogP contribution in [0.2, 0.25) is 0 Å². The maximum absolute atomic E-state index is 9.44. The molecule has 0 aromatic heterocycles. The van der Waals surface area contributed by atoms with E-state index in [9.17, 15) is 10.2 Å². The normalized spacial score (nSPS) is 11.8. The van der Waals surface area contributed by atoms with E-state index >= 15 is 0 Å². The fraction of sp³-hybridized carbons (Fsp3) is 0.333. The quantitative estimate of drug-likeness (QED) is 0.706. The molecule has 0 saturated heterocycles. The highest BCUT2D eigenvalue weighted by atomic mass is 16.3. The molecule has 2 N–H and O–H groups in total. The van der Waals surface area contributed by atoms with Gasteiger partial charge in [-0.2, -0.15) is 0 Å². The Kier molecular flexibility index (Phi) is 3.18. The van der Waals surface area contributed by atoms with Gasteiger partial charge in [0.05, 0.1) is 0 Å². The molecule has 0 amide bonds. The molecule has 0 radical (unpaired) electrons.